The summed E-state index contributed by atoms with van der Waals surface area (Å²) in [6.45, 7) is 3.15. The molecule has 0 aliphatic carbocycles. The van der Waals surface area contributed by atoms with Gasteiger partial charge in [-0.1, -0.05) is 31.2 Å². The third kappa shape index (κ3) is 3.94. The molecule has 0 saturated carbocycles. The Morgan fingerprint density at radius 3 is 2.92 bits per heavy atom. The lowest BCUT2D eigenvalue weighted by Crippen LogP contribution is -2.41. The predicted molar refractivity (Wildman–Crippen MR) is 96.5 cm³/mol. The van der Waals surface area contributed by atoms with E-state index in [0.717, 1.165) is 24.1 Å². The van der Waals surface area contributed by atoms with Gasteiger partial charge in [0.15, 0.2) is 0 Å². The van der Waals surface area contributed by atoms with Crippen molar-refractivity contribution in [2.45, 2.75) is 32.4 Å². The molecule has 1 atom stereocenters. The van der Waals surface area contributed by atoms with Crippen molar-refractivity contribution in [1.29, 1.82) is 0 Å². The molecule has 1 aliphatic rings. The zero-order chi connectivity index (χ0) is 18.5. The van der Waals surface area contributed by atoms with Crippen molar-refractivity contribution >= 4 is 11.8 Å². The van der Waals surface area contributed by atoms with Gasteiger partial charge in [0.25, 0.3) is 5.91 Å². The van der Waals surface area contributed by atoms with Crippen molar-refractivity contribution in [2.24, 2.45) is 0 Å². The summed E-state index contributed by atoms with van der Waals surface area (Å²) in [6.07, 6.45) is 4.93. The Labute approximate surface area is 152 Å². The van der Waals surface area contributed by atoms with Crippen LogP contribution < -0.4 is 5.32 Å². The zero-order valence-corrected chi connectivity index (χ0v) is 14.9. The first-order chi connectivity index (χ1) is 12.6. The van der Waals surface area contributed by atoms with Crippen LogP contribution in [-0.4, -0.2) is 51.3 Å². The molecule has 1 aliphatic heterocycles. The Kier molecular flexibility index (Phi) is 5.68. The van der Waals surface area contributed by atoms with Gasteiger partial charge in [-0.3, -0.25) is 14.3 Å². The van der Waals surface area contributed by atoms with Gasteiger partial charge in [0.1, 0.15) is 6.61 Å². The maximum Gasteiger partial charge on any atom is 0.255 e. The van der Waals surface area contributed by atoms with Crippen LogP contribution in [-0.2, 0) is 17.8 Å². The van der Waals surface area contributed by atoms with Gasteiger partial charge in [-0.15, -0.1) is 0 Å². The number of benzene rings is 1. The van der Waals surface area contributed by atoms with Crippen LogP contribution in [0, 0.1) is 0 Å². The maximum atomic E-state index is 12.7. The highest BCUT2D eigenvalue weighted by atomic mass is 16.3. The molecule has 3 rings (SSSR count). The Morgan fingerprint density at radius 1 is 1.35 bits per heavy atom. The van der Waals surface area contributed by atoms with E-state index in [1.165, 1.54) is 0 Å². The quantitative estimate of drug-likeness (QED) is 0.841. The second-order valence-corrected chi connectivity index (χ2v) is 6.46. The second-order valence-electron chi connectivity index (χ2n) is 6.46. The molecule has 7 heteroatoms. The molecule has 0 spiro atoms. The molecule has 0 saturated heterocycles. The summed E-state index contributed by atoms with van der Waals surface area (Å²) >= 11 is 0. The number of aliphatic hydroxyl groups is 1. The summed E-state index contributed by atoms with van der Waals surface area (Å²) in [5, 5.41) is 16.4. The molecule has 2 N–H and O–H groups in total. The van der Waals surface area contributed by atoms with E-state index in [4.69, 9.17) is 0 Å². The van der Waals surface area contributed by atoms with Crippen LogP contribution in [0.5, 0.6) is 0 Å². The van der Waals surface area contributed by atoms with E-state index in [1.54, 1.807) is 22.0 Å². The van der Waals surface area contributed by atoms with E-state index in [0.29, 0.717) is 25.1 Å². The average molecular weight is 356 g/mol. The molecule has 7 nitrogen and oxygen atoms in total. The monoisotopic (exact) mass is 356 g/mol. The number of carbonyl (C=O) groups excluding carboxylic acids is 2. The molecule has 1 aromatic carbocycles. The Balaban J connectivity index is 1.82. The molecule has 138 valence electrons. The predicted octanol–water partition coefficient (Wildman–Crippen LogP) is 1.14. The Morgan fingerprint density at radius 2 is 2.15 bits per heavy atom. The number of amides is 2. The number of hydrogen-bond donors (Lipinski definition) is 2. The van der Waals surface area contributed by atoms with Crippen LogP contribution >= 0.6 is 0 Å². The second kappa shape index (κ2) is 8.14. The first-order valence-corrected chi connectivity index (χ1v) is 8.92. The fourth-order valence-corrected chi connectivity index (χ4v) is 3.29. The van der Waals surface area contributed by atoms with E-state index in [9.17, 15) is 14.7 Å². The van der Waals surface area contributed by atoms with Crippen molar-refractivity contribution in [3.63, 3.8) is 0 Å². The maximum absolute atomic E-state index is 12.7. The number of carbonyl (C=O) groups is 2. The van der Waals surface area contributed by atoms with E-state index < -0.39 is 6.61 Å². The molecular formula is C19H24N4O3. The van der Waals surface area contributed by atoms with Gasteiger partial charge < -0.3 is 15.3 Å². The van der Waals surface area contributed by atoms with E-state index in [2.05, 4.69) is 17.3 Å². The number of aromatic nitrogens is 2. The third-order valence-corrected chi connectivity index (χ3v) is 4.63. The van der Waals surface area contributed by atoms with Crippen LogP contribution in [0.15, 0.2) is 36.7 Å². The van der Waals surface area contributed by atoms with E-state index in [-0.39, 0.29) is 17.9 Å². The molecule has 0 bridgehead atoms. The SMILES string of the molecule is CCCn1cc(C(=O)NC2CN(C(=O)CO)CCc3ccccc32)cn1. The van der Waals surface area contributed by atoms with E-state index in [1.807, 2.05) is 24.3 Å². The van der Waals surface area contributed by atoms with Crippen molar-refractivity contribution in [1.82, 2.24) is 20.0 Å². The summed E-state index contributed by atoms with van der Waals surface area (Å²) in [5.74, 6) is -0.543. The fourth-order valence-electron chi connectivity index (χ4n) is 3.29. The molecule has 26 heavy (non-hydrogen) atoms. The van der Waals surface area contributed by atoms with Crippen molar-refractivity contribution < 1.29 is 14.7 Å². The lowest BCUT2D eigenvalue weighted by molar-refractivity contribution is -0.134. The molecular weight excluding hydrogens is 332 g/mol. The summed E-state index contributed by atoms with van der Waals surface area (Å²) < 4.78 is 1.75. The van der Waals surface area contributed by atoms with Crippen LogP contribution in [0.3, 0.4) is 0 Å². The number of nitrogens with one attached hydrogen (secondary N) is 1. The number of nitrogens with zero attached hydrogens (tertiary/aromatic N) is 3. The lowest BCUT2D eigenvalue weighted by Gasteiger charge is -2.25. The zero-order valence-electron chi connectivity index (χ0n) is 14.9. The standard InChI is InChI=1S/C19H24N4O3/c1-2-8-23-11-15(10-20-23)19(26)21-17-12-22(18(25)13-24)9-7-14-5-3-4-6-16(14)17/h3-6,10-11,17,24H,2,7-9,12-13H2,1H3,(H,21,26). The number of aryl methyl sites for hydroxylation is 1. The van der Waals surface area contributed by atoms with Crippen molar-refractivity contribution in [3.8, 4) is 0 Å². The van der Waals surface area contributed by atoms with Crippen LogP contribution in [0.25, 0.3) is 0 Å². The minimum absolute atomic E-state index is 0.217. The largest absolute Gasteiger partial charge is 0.387 e. The fraction of sp³-hybridized carbons (Fsp3) is 0.421. The highest BCUT2D eigenvalue weighted by Crippen LogP contribution is 2.24. The van der Waals surface area contributed by atoms with E-state index >= 15 is 0 Å². The van der Waals surface area contributed by atoms with Gasteiger partial charge >= 0.3 is 0 Å². The van der Waals surface area contributed by atoms with Gasteiger partial charge in [0.05, 0.1) is 17.8 Å². The number of fused-ring (bicyclic) bond motifs is 1. The minimum Gasteiger partial charge on any atom is -0.387 e. The van der Waals surface area contributed by atoms with Crippen molar-refractivity contribution in [2.75, 3.05) is 19.7 Å². The molecule has 2 amide bonds. The average Bonchev–Trinajstić information content (AvgIpc) is 3.05. The highest BCUT2D eigenvalue weighted by molar-refractivity contribution is 5.94. The van der Waals surface area contributed by atoms with Crippen LogP contribution in [0.4, 0.5) is 0 Å². The van der Waals surface area contributed by atoms with Crippen LogP contribution in [0.2, 0.25) is 0 Å². The third-order valence-electron chi connectivity index (χ3n) is 4.63. The van der Waals surface area contributed by atoms with Gasteiger partial charge in [-0.25, -0.2) is 0 Å². The van der Waals surface area contributed by atoms with Gasteiger partial charge in [0.2, 0.25) is 5.91 Å². The van der Waals surface area contributed by atoms with Crippen molar-refractivity contribution in [3.05, 3.63) is 53.3 Å². The number of aliphatic hydroxyl groups excluding tert-OH is 1. The number of hydrogen-bond acceptors (Lipinski definition) is 4. The molecule has 0 radical (unpaired) electrons. The summed E-state index contributed by atoms with van der Waals surface area (Å²) in [6, 6.07) is 7.55. The Bertz CT molecular complexity index is 787. The topological polar surface area (TPSA) is 87.5 Å². The summed E-state index contributed by atoms with van der Waals surface area (Å²) in [7, 11) is 0. The molecule has 1 aromatic heterocycles. The van der Waals surface area contributed by atoms with Gasteiger partial charge in [-0.05, 0) is 24.0 Å². The first-order valence-electron chi connectivity index (χ1n) is 8.92. The normalized spacial score (nSPS) is 16.7. The summed E-state index contributed by atoms with van der Waals surface area (Å²) in [5.41, 5.74) is 2.61. The number of rotatable bonds is 5. The smallest absolute Gasteiger partial charge is 0.255 e. The van der Waals surface area contributed by atoms with Gasteiger partial charge in [0, 0.05) is 25.8 Å². The molecule has 0 fully saturated rings. The minimum atomic E-state index is -0.527. The lowest BCUT2D eigenvalue weighted by atomic mass is 9.99. The van der Waals surface area contributed by atoms with Gasteiger partial charge in [-0.2, -0.15) is 5.10 Å². The Hall–Kier alpha value is -2.67. The molecule has 1 unspecified atom stereocenters. The molecule has 2 heterocycles. The summed E-state index contributed by atoms with van der Waals surface area (Å²) in [4.78, 5) is 26.3. The van der Waals surface area contributed by atoms with Crippen LogP contribution in [0.1, 0.15) is 40.9 Å². The highest BCUT2D eigenvalue weighted by Gasteiger charge is 2.27. The first kappa shape index (κ1) is 18.1. The molecule has 2 aromatic rings.